The third kappa shape index (κ3) is 6.75. The number of benzene rings is 2. The summed E-state index contributed by atoms with van der Waals surface area (Å²) < 4.78 is 12.1. The Bertz CT molecular complexity index is 1010. The Morgan fingerprint density at radius 2 is 2.00 bits per heavy atom. The molecule has 32 heavy (non-hydrogen) atoms. The maximum Gasteiger partial charge on any atom is 0.269 e. The van der Waals surface area contributed by atoms with E-state index >= 15 is 0 Å². The molecule has 1 aliphatic heterocycles. The molecular formula is C21H22IN3O5S2. The first-order valence-electron chi connectivity index (χ1n) is 9.63. The molecule has 0 aliphatic carbocycles. The largest absolute Gasteiger partial charge is 0.493 e. The van der Waals surface area contributed by atoms with Gasteiger partial charge in [0.15, 0.2) is 11.5 Å². The van der Waals surface area contributed by atoms with E-state index in [2.05, 4.69) is 40.0 Å². The van der Waals surface area contributed by atoms with E-state index in [9.17, 15) is 14.9 Å². The highest BCUT2D eigenvalue weighted by atomic mass is 127. The van der Waals surface area contributed by atoms with Crippen LogP contribution >= 0.6 is 46.1 Å². The molecule has 3 rings (SSSR count). The van der Waals surface area contributed by atoms with Gasteiger partial charge in [0.05, 0.1) is 32.3 Å². The molecule has 0 saturated carbocycles. The van der Waals surface area contributed by atoms with Gasteiger partial charge in [-0.05, 0) is 64.9 Å². The maximum atomic E-state index is 12.2. The van der Waals surface area contributed by atoms with Gasteiger partial charge in [0.25, 0.3) is 5.69 Å². The van der Waals surface area contributed by atoms with Crippen LogP contribution in [0.15, 0.2) is 41.5 Å². The molecule has 1 amide bonds. The number of rotatable bonds is 9. The molecule has 1 aliphatic rings. The minimum Gasteiger partial charge on any atom is -0.493 e. The molecule has 0 atom stereocenters. The van der Waals surface area contributed by atoms with E-state index in [4.69, 9.17) is 9.47 Å². The highest BCUT2D eigenvalue weighted by molar-refractivity contribution is 14.1. The van der Waals surface area contributed by atoms with Crippen LogP contribution in [0.1, 0.15) is 24.5 Å². The van der Waals surface area contributed by atoms with Crippen LogP contribution in [0.5, 0.6) is 11.5 Å². The van der Waals surface area contributed by atoms with Gasteiger partial charge in [-0.25, -0.2) is 5.43 Å². The van der Waals surface area contributed by atoms with Crippen LogP contribution in [-0.4, -0.2) is 39.7 Å². The number of non-ortho nitro benzene ring substituents is 1. The normalized spacial score (nSPS) is 15.0. The van der Waals surface area contributed by atoms with Gasteiger partial charge in [-0.3, -0.25) is 14.9 Å². The molecule has 0 aromatic heterocycles. The first-order chi connectivity index (χ1) is 15.3. The van der Waals surface area contributed by atoms with Crippen molar-refractivity contribution in [3.63, 3.8) is 0 Å². The second-order valence-corrected chi connectivity index (χ2v) is 11.7. The fraction of sp³-hybridized carbons (Fsp3) is 0.333. The number of nitrogens with one attached hydrogen (secondary N) is 1. The number of nitro benzene ring substituents is 1. The summed E-state index contributed by atoms with van der Waals surface area (Å²) in [5.41, 5.74) is 4.18. The number of hydrogen-bond donors (Lipinski definition) is 1. The summed E-state index contributed by atoms with van der Waals surface area (Å²) in [5, 5.41) is 14.9. The van der Waals surface area contributed by atoms with Gasteiger partial charge in [0.2, 0.25) is 5.91 Å². The summed E-state index contributed by atoms with van der Waals surface area (Å²) in [6, 6.07) is 9.84. The SMILES string of the molecule is COc1cc(/C=N\NC(=O)CC2(C)SCCS2)cc(I)c1OCc1ccc([N+](=O)[O-])cc1. The van der Waals surface area contributed by atoms with Crippen LogP contribution < -0.4 is 14.9 Å². The van der Waals surface area contributed by atoms with Crippen LogP contribution in [0, 0.1) is 13.7 Å². The first kappa shape index (κ1) is 24.6. The Labute approximate surface area is 208 Å². The quantitative estimate of drug-likeness (QED) is 0.194. The average molecular weight is 587 g/mol. The molecule has 0 bridgehead atoms. The summed E-state index contributed by atoms with van der Waals surface area (Å²) >= 11 is 5.75. The summed E-state index contributed by atoms with van der Waals surface area (Å²) in [6.07, 6.45) is 1.98. The topological polar surface area (TPSA) is 103 Å². The van der Waals surface area contributed by atoms with Gasteiger partial charge in [-0.1, -0.05) is 0 Å². The predicted octanol–water partition coefficient (Wildman–Crippen LogP) is 4.82. The zero-order chi connectivity index (χ0) is 23.1. The van der Waals surface area contributed by atoms with Crippen molar-refractivity contribution in [1.29, 1.82) is 0 Å². The van der Waals surface area contributed by atoms with Gasteiger partial charge in [-0.2, -0.15) is 5.10 Å². The van der Waals surface area contributed by atoms with Gasteiger partial charge >= 0.3 is 0 Å². The zero-order valence-electron chi connectivity index (χ0n) is 17.5. The van der Waals surface area contributed by atoms with Crippen molar-refractivity contribution in [3.8, 4) is 11.5 Å². The van der Waals surface area contributed by atoms with E-state index in [1.54, 1.807) is 55.0 Å². The number of nitro groups is 1. The Kier molecular flexibility index (Phi) is 8.65. The number of carbonyl (C=O) groups excluding carboxylic acids is 1. The molecule has 0 unspecified atom stereocenters. The van der Waals surface area contributed by atoms with Crippen LogP contribution in [0.4, 0.5) is 5.69 Å². The maximum absolute atomic E-state index is 12.2. The standard InChI is InChI=1S/C21H22IN3O5S2/c1-21(31-7-8-32-21)11-19(26)24-23-12-15-9-17(22)20(18(10-15)29-2)30-13-14-3-5-16(6-4-14)25(27)28/h3-6,9-10,12H,7-8,11,13H2,1-2H3,(H,24,26)/b23-12-. The second kappa shape index (κ2) is 11.2. The summed E-state index contributed by atoms with van der Waals surface area (Å²) in [5.74, 6) is 3.10. The van der Waals surface area contributed by atoms with Gasteiger partial charge in [0.1, 0.15) is 6.61 Å². The Morgan fingerprint density at radius 3 is 2.62 bits per heavy atom. The van der Waals surface area contributed by atoms with Crippen molar-refractivity contribution in [3.05, 3.63) is 61.2 Å². The number of methoxy groups -OCH3 is 1. The molecular weight excluding hydrogens is 565 g/mol. The van der Waals surface area contributed by atoms with Crippen molar-refractivity contribution in [2.24, 2.45) is 5.10 Å². The fourth-order valence-electron chi connectivity index (χ4n) is 2.99. The lowest BCUT2D eigenvalue weighted by Gasteiger charge is -2.19. The lowest BCUT2D eigenvalue weighted by atomic mass is 10.2. The van der Waals surface area contributed by atoms with E-state index in [0.717, 1.165) is 26.2 Å². The van der Waals surface area contributed by atoms with Crippen LogP contribution in [0.2, 0.25) is 0 Å². The van der Waals surface area contributed by atoms with Gasteiger partial charge in [-0.15, -0.1) is 23.5 Å². The molecule has 0 radical (unpaired) electrons. The highest BCUT2D eigenvalue weighted by Crippen LogP contribution is 2.45. The Balaban J connectivity index is 1.61. The number of nitrogens with zero attached hydrogens (tertiary/aromatic N) is 2. The lowest BCUT2D eigenvalue weighted by Crippen LogP contribution is -2.26. The van der Waals surface area contributed by atoms with Gasteiger partial charge in [0, 0.05) is 23.6 Å². The fourth-order valence-corrected chi connectivity index (χ4v) is 6.60. The third-order valence-electron chi connectivity index (χ3n) is 4.56. The van der Waals surface area contributed by atoms with E-state index in [0.29, 0.717) is 17.9 Å². The molecule has 2 aromatic rings. The Morgan fingerprint density at radius 1 is 1.31 bits per heavy atom. The van der Waals surface area contributed by atoms with Gasteiger partial charge < -0.3 is 9.47 Å². The van der Waals surface area contributed by atoms with E-state index in [1.807, 2.05) is 6.07 Å². The average Bonchev–Trinajstić information content (AvgIpc) is 3.18. The Hall–Kier alpha value is -1.99. The molecule has 1 saturated heterocycles. The van der Waals surface area contributed by atoms with E-state index < -0.39 is 4.92 Å². The summed E-state index contributed by atoms with van der Waals surface area (Å²) in [7, 11) is 1.55. The smallest absolute Gasteiger partial charge is 0.269 e. The number of hydrogen-bond acceptors (Lipinski definition) is 8. The zero-order valence-corrected chi connectivity index (χ0v) is 21.3. The van der Waals surface area contributed by atoms with Crippen molar-refractivity contribution in [2.45, 2.75) is 24.0 Å². The molecule has 8 nitrogen and oxygen atoms in total. The van der Waals surface area contributed by atoms with Crippen LogP contribution in [-0.2, 0) is 11.4 Å². The number of halogens is 1. The molecule has 1 fully saturated rings. The van der Waals surface area contributed by atoms with Crippen molar-refractivity contribution in [1.82, 2.24) is 5.43 Å². The molecule has 2 aromatic carbocycles. The first-order valence-corrected chi connectivity index (χ1v) is 12.7. The highest BCUT2D eigenvalue weighted by Gasteiger charge is 2.32. The predicted molar refractivity (Wildman–Crippen MR) is 137 cm³/mol. The van der Waals surface area contributed by atoms with E-state index in [-0.39, 0.29) is 22.3 Å². The number of thioether (sulfide) groups is 2. The number of amides is 1. The number of hydrazone groups is 1. The molecule has 11 heteroatoms. The monoisotopic (exact) mass is 587 g/mol. The van der Waals surface area contributed by atoms with Crippen molar-refractivity contribution >= 4 is 63.9 Å². The molecule has 170 valence electrons. The second-order valence-electron chi connectivity index (χ2n) is 7.05. The summed E-state index contributed by atoms with van der Waals surface area (Å²) in [6.45, 7) is 2.32. The molecule has 1 heterocycles. The molecule has 1 N–H and O–H groups in total. The lowest BCUT2D eigenvalue weighted by molar-refractivity contribution is -0.384. The number of ether oxygens (including phenoxy) is 2. The molecule has 0 spiro atoms. The van der Waals surface area contributed by atoms with Crippen LogP contribution in [0.25, 0.3) is 0 Å². The van der Waals surface area contributed by atoms with Crippen LogP contribution in [0.3, 0.4) is 0 Å². The van der Waals surface area contributed by atoms with E-state index in [1.165, 1.54) is 12.1 Å². The minimum absolute atomic E-state index is 0.0338. The minimum atomic E-state index is -0.438. The van der Waals surface area contributed by atoms with Crippen molar-refractivity contribution < 1.29 is 19.2 Å². The van der Waals surface area contributed by atoms with Crippen molar-refractivity contribution in [2.75, 3.05) is 18.6 Å². The number of carbonyl (C=O) groups is 1. The summed E-state index contributed by atoms with van der Waals surface area (Å²) in [4.78, 5) is 22.5. The third-order valence-corrected chi connectivity index (χ3v) is 8.66.